The third-order valence-electron chi connectivity index (χ3n) is 3.57. The second-order valence-electron chi connectivity index (χ2n) is 4.80. The molecule has 24 heavy (non-hydrogen) atoms. The van der Waals surface area contributed by atoms with Gasteiger partial charge in [-0.2, -0.15) is 0 Å². The Labute approximate surface area is 152 Å². The van der Waals surface area contributed by atoms with Crippen LogP contribution in [0.25, 0.3) is 0 Å². The highest BCUT2D eigenvalue weighted by Gasteiger charge is 2.37. The van der Waals surface area contributed by atoms with Crippen molar-refractivity contribution in [2.24, 2.45) is 0 Å². The Bertz CT molecular complexity index is 433. The topological polar surface area (TPSA) is 37.4 Å². The Balaban J connectivity index is 0. The molecular weight excluding hydrogens is 318 g/mol. The van der Waals surface area contributed by atoms with Crippen LogP contribution in [0.15, 0.2) is 36.5 Å². The molecule has 138 valence electrons. The van der Waals surface area contributed by atoms with Gasteiger partial charge in [-0.15, -0.1) is 0 Å². The molecule has 4 heteroatoms. The number of Topliss-reactive ketones (excluding diaryl/α,β-unsaturated/α-hetero) is 1. The van der Waals surface area contributed by atoms with Gasteiger partial charge in [0.05, 0.1) is 13.1 Å². The van der Waals surface area contributed by atoms with Gasteiger partial charge in [0, 0.05) is 23.4 Å². The molecule has 0 aliphatic carbocycles. The Morgan fingerprint density at radius 3 is 2.00 bits per heavy atom. The Morgan fingerprint density at radius 1 is 1.12 bits per heavy atom. The first kappa shape index (κ1) is 25.0. The minimum absolute atomic E-state index is 0.0322. The first-order valence-corrected chi connectivity index (χ1v) is 10.5. The SMILES string of the molecule is C=C/C=C\C(=C/C)C(=O)C(C)[S+]1CCN(C(C)=O)CC1.CC.CC. The average molecular weight is 355 g/mol. The second kappa shape index (κ2) is 15.3. The molecule has 1 aliphatic rings. The Kier molecular flexibility index (Phi) is 15.9. The van der Waals surface area contributed by atoms with E-state index in [9.17, 15) is 9.59 Å². The van der Waals surface area contributed by atoms with Crippen LogP contribution in [0.2, 0.25) is 0 Å². The van der Waals surface area contributed by atoms with Gasteiger partial charge in [0.15, 0.2) is 5.25 Å². The molecule has 0 bridgehead atoms. The third kappa shape index (κ3) is 8.53. The molecule has 0 saturated carbocycles. The molecule has 1 fully saturated rings. The molecular formula is C20H36NO2S+. The van der Waals surface area contributed by atoms with Crippen molar-refractivity contribution >= 4 is 22.6 Å². The minimum atomic E-state index is 0.0322. The fourth-order valence-electron chi connectivity index (χ4n) is 2.22. The first-order valence-electron chi connectivity index (χ1n) is 8.92. The molecule has 0 aromatic heterocycles. The van der Waals surface area contributed by atoms with E-state index in [-0.39, 0.29) is 27.8 Å². The van der Waals surface area contributed by atoms with Crippen LogP contribution in [0.4, 0.5) is 0 Å². The molecule has 1 rings (SSSR count). The third-order valence-corrected chi connectivity index (χ3v) is 6.20. The molecule has 0 N–H and O–H groups in total. The van der Waals surface area contributed by atoms with E-state index in [1.807, 2.05) is 58.6 Å². The van der Waals surface area contributed by atoms with Crippen LogP contribution < -0.4 is 0 Å². The summed E-state index contributed by atoms with van der Waals surface area (Å²) in [5.41, 5.74) is 0.749. The molecule has 1 heterocycles. The van der Waals surface area contributed by atoms with Crippen LogP contribution in [0, 0.1) is 0 Å². The minimum Gasteiger partial charge on any atom is -0.334 e. The smallest absolute Gasteiger partial charge is 0.219 e. The summed E-state index contributed by atoms with van der Waals surface area (Å²) < 4.78 is 0. The van der Waals surface area contributed by atoms with Crippen molar-refractivity contribution < 1.29 is 9.59 Å². The summed E-state index contributed by atoms with van der Waals surface area (Å²) in [6.07, 6.45) is 7.14. The van der Waals surface area contributed by atoms with Crippen molar-refractivity contribution in [3.05, 3.63) is 36.5 Å². The fourth-order valence-corrected chi connectivity index (χ4v) is 4.48. The van der Waals surface area contributed by atoms with E-state index in [4.69, 9.17) is 0 Å². The molecule has 0 radical (unpaired) electrons. The summed E-state index contributed by atoms with van der Waals surface area (Å²) >= 11 is 0. The molecule has 0 aromatic rings. The van der Waals surface area contributed by atoms with Crippen LogP contribution in [0.3, 0.4) is 0 Å². The average Bonchev–Trinajstić information content (AvgIpc) is 2.65. The van der Waals surface area contributed by atoms with E-state index in [0.717, 1.165) is 30.2 Å². The van der Waals surface area contributed by atoms with Crippen molar-refractivity contribution in [2.75, 3.05) is 24.6 Å². The van der Waals surface area contributed by atoms with Crippen molar-refractivity contribution in [3.8, 4) is 0 Å². The summed E-state index contributed by atoms with van der Waals surface area (Å²) in [5.74, 6) is 2.21. The lowest BCUT2D eigenvalue weighted by Crippen LogP contribution is -2.47. The van der Waals surface area contributed by atoms with E-state index in [2.05, 4.69) is 6.58 Å². The fraction of sp³-hybridized carbons (Fsp3) is 0.600. The Morgan fingerprint density at radius 2 is 1.62 bits per heavy atom. The van der Waals surface area contributed by atoms with E-state index in [1.54, 1.807) is 19.1 Å². The van der Waals surface area contributed by atoms with Gasteiger partial charge in [0.2, 0.25) is 11.7 Å². The summed E-state index contributed by atoms with van der Waals surface area (Å²) in [5, 5.41) is 0.0322. The molecule has 1 aliphatic heterocycles. The van der Waals surface area contributed by atoms with Gasteiger partial charge in [-0.1, -0.05) is 58.6 Å². The predicted molar refractivity (Wildman–Crippen MR) is 110 cm³/mol. The van der Waals surface area contributed by atoms with Crippen molar-refractivity contribution in [3.63, 3.8) is 0 Å². The molecule has 0 aromatic carbocycles. The highest BCUT2D eigenvalue weighted by atomic mass is 32.2. The van der Waals surface area contributed by atoms with Crippen LogP contribution >= 0.6 is 0 Å². The van der Waals surface area contributed by atoms with E-state index < -0.39 is 0 Å². The maximum absolute atomic E-state index is 12.5. The maximum atomic E-state index is 12.5. The monoisotopic (exact) mass is 354 g/mol. The zero-order valence-corrected chi connectivity index (χ0v) is 17.4. The van der Waals surface area contributed by atoms with Gasteiger partial charge >= 0.3 is 0 Å². The highest BCUT2D eigenvalue weighted by Crippen LogP contribution is 2.17. The summed E-state index contributed by atoms with van der Waals surface area (Å²) in [7, 11) is 0.0716. The van der Waals surface area contributed by atoms with Crippen LogP contribution in [0.1, 0.15) is 48.5 Å². The van der Waals surface area contributed by atoms with Gasteiger partial charge in [-0.25, -0.2) is 0 Å². The van der Waals surface area contributed by atoms with Crippen LogP contribution in [-0.4, -0.2) is 46.4 Å². The zero-order chi connectivity index (χ0) is 19.1. The highest BCUT2D eigenvalue weighted by molar-refractivity contribution is 7.98. The van der Waals surface area contributed by atoms with Gasteiger partial charge in [-0.3, -0.25) is 9.59 Å². The first-order chi connectivity index (χ1) is 11.5. The number of ketones is 1. The van der Waals surface area contributed by atoms with Crippen molar-refractivity contribution in [1.82, 2.24) is 4.90 Å². The number of hydrogen-bond donors (Lipinski definition) is 0. The van der Waals surface area contributed by atoms with E-state index in [1.165, 1.54) is 0 Å². The number of carbonyl (C=O) groups excluding carboxylic acids is 2. The summed E-state index contributed by atoms with van der Waals surface area (Å²) in [6.45, 7) is 18.7. The number of allylic oxidation sites excluding steroid dienone is 5. The lowest BCUT2D eigenvalue weighted by Gasteiger charge is -2.27. The normalized spacial score (nSPS) is 16.5. The maximum Gasteiger partial charge on any atom is 0.219 e. The molecule has 1 amide bonds. The number of nitrogens with zero attached hydrogens (tertiary/aromatic N) is 1. The Hall–Kier alpha value is -1.29. The molecule has 1 atom stereocenters. The summed E-state index contributed by atoms with van der Waals surface area (Å²) in [6, 6.07) is 0. The van der Waals surface area contributed by atoms with Gasteiger partial charge in [0.1, 0.15) is 11.5 Å². The molecule has 1 saturated heterocycles. The van der Waals surface area contributed by atoms with Crippen molar-refractivity contribution in [1.29, 1.82) is 0 Å². The lowest BCUT2D eigenvalue weighted by atomic mass is 10.1. The largest absolute Gasteiger partial charge is 0.334 e. The molecule has 3 nitrogen and oxygen atoms in total. The van der Waals surface area contributed by atoms with Gasteiger partial charge in [-0.05, 0) is 13.8 Å². The predicted octanol–water partition coefficient (Wildman–Crippen LogP) is 4.17. The summed E-state index contributed by atoms with van der Waals surface area (Å²) in [4.78, 5) is 25.7. The van der Waals surface area contributed by atoms with Gasteiger partial charge in [0.25, 0.3) is 0 Å². The molecule has 1 unspecified atom stereocenters. The number of carbonyl (C=O) groups is 2. The lowest BCUT2D eigenvalue weighted by molar-refractivity contribution is -0.128. The van der Waals surface area contributed by atoms with Gasteiger partial charge < -0.3 is 4.90 Å². The number of hydrogen-bond acceptors (Lipinski definition) is 2. The van der Waals surface area contributed by atoms with Crippen molar-refractivity contribution in [2.45, 2.75) is 53.7 Å². The second-order valence-corrected chi connectivity index (χ2v) is 7.40. The molecule has 0 spiro atoms. The number of amides is 1. The number of rotatable bonds is 5. The van der Waals surface area contributed by atoms with E-state index >= 15 is 0 Å². The van der Waals surface area contributed by atoms with Crippen LogP contribution in [0.5, 0.6) is 0 Å². The van der Waals surface area contributed by atoms with Crippen LogP contribution in [-0.2, 0) is 20.5 Å². The standard InChI is InChI=1S/C16H24NO2S.2C2H6/c1-5-7-8-15(6-2)16(19)13(3)20-11-9-17(10-12-20)14(4)18;2*1-2/h5-8,13H,1,9-12H2,2-4H3;2*1-2H3/q+1;;/b8-7-,15-6+;;. The van der Waals surface area contributed by atoms with E-state index in [0.29, 0.717) is 0 Å². The zero-order valence-electron chi connectivity index (χ0n) is 16.6. The quantitative estimate of drug-likeness (QED) is 0.422.